The van der Waals surface area contributed by atoms with Crippen molar-refractivity contribution in [3.8, 4) is 17.2 Å². The number of hydrogen-bond acceptors (Lipinski definition) is 32. The van der Waals surface area contributed by atoms with Crippen LogP contribution < -0.4 is 26.4 Å². The number of anilines is 1. The van der Waals surface area contributed by atoms with Gasteiger partial charge in [-0.15, -0.1) is 0 Å². The highest BCUT2D eigenvalue weighted by molar-refractivity contribution is 5.95. The zero-order chi connectivity index (χ0) is 68.4. The summed E-state index contributed by atoms with van der Waals surface area (Å²) in [5.74, 6) is -3.08. The molecule has 524 valence electrons. The van der Waals surface area contributed by atoms with Crippen molar-refractivity contribution in [1.82, 2.24) is 10.6 Å². The number of aliphatic hydroxyl groups is 16. The number of nitrogens with one attached hydrogen (secondary N) is 3. The fraction of sp³-hybridized carbons (Fsp3) is 0.621. The summed E-state index contributed by atoms with van der Waals surface area (Å²) in [5.41, 5.74) is 6.89. The van der Waals surface area contributed by atoms with Gasteiger partial charge in [0, 0.05) is 31.4 Å². The molecule has 0 unspecified atom stereocenters. The quantitative estimate of drug-likeness (QED) is 0.0337. The fourth-order valence-corrected chi connectivity index (χ4v) is 11.0. The normalized spacial score (nSPS) is 36.7. The smallest absolute Gasteiger partial charge is 0.243 e. The van der Waals surface area contributed by atoms with Gasteiger partial charge in [-0.3, -0.25) is 19.2 Å². The van der Waals surface area contributed by atoms with Gasteiger partial charge >= 0.3 is 0 Å². The van der Waals surface area contributed by atoms with Crippen LogP contribution in [-0.2, 0) is 74.7 Å². The standard InChI is InChI=1S/C58H80N4O32/c59-52(83)28(15-22-1-7-25(68)8-2-22)62-53(84)29(16-23-3-9-26(69)10-4-23)61-36(71)14-13-35(70)60-24-5-11-27(12-6-24)85-54-44(79)39(74)48(31(18-64)87-54)92-56-46(81)41(76)50(33(20-66)89-56)94-58-47(82)42(77)51(34(21-67)90-58)93-57-45(80)40(75)49(32(19-65)88-57)91-55-43(78)38(73)37(72)30(17-63)86-55/h1-12,28-34,37-51,54-58,63-69,72-82H,13-21H2,(H2,59,83)(H,60,70)(H,61,71)(H,62,84)/t28-,29-,30+,31+,32+,33+,34+,37+,38-,39+,40+,41+,42+,43+,44+,45+,46+,47+,48+,49+,50+,51+,54-,55+,56+,57+,58+/m0/s1. The first-order chi connectivity index (χ1) is 44.8. The van der Waals surface area contributed by atoms with E-state index in [0.29, 0.717) is 11.1 Å². The molecule has 36 heteroatoms. The Bertz CT molecular complexity index is 2900. The number of carbonyl (C=O) groups excluding carboxylic acids is 4. The Labute approximate surface area is 533 Å². The van der Waals surface area contributed by atoms with Gasteiger partial charge in [-0.25, -0.2) is 0 Å². The highest BCUT2D eigenvalue weighted by Crippen LogP contribution is 2.36. The first kappa shape index (κ1) is 73.7. The van der Waals surface area contributed by atoms with Crippen molar-refractivity contribution < 1.29 is 158 Å². The van der Waals surface area contributed by atoms with Gasteiger partial charge in [-0.1, -0.05) is 24.3 Å². The van der Waals surface area contributed by atoms with E-state index < -0.39 is 229 Å². The lowest BCUT2D eigenvalue weighted by Crippen LogP contribution is -2.68. The molecule has 94 heavy (non-hydrogen) atoms. The van der Waals surface area contributed by atoms with Gasteiger partial charge in [-0.05, 0) is 59.7 Å². The Morgan fingerprint density at radius 1 is 0.404 bits per heavy atom. The highest BCUT2D eigenvalue weighted by Gasteiger charge is 2.57. The predicted molar refractivity (Wildman–Crippen MR) is 306 cm³/mol. The van der Waals surface area contributed by atoms with E-state index in [4.69, 9.17) is 53.1 Å². The molecule has 0 bridgehead atoms. The molecule has 5 heterocycles. The highest BCUT2D eigenvalue weighted by atomic mass is 16.8. The van der Waals surface area contributed by atoms with Crippen molar-refractivity contribution >= 4 is 29.3 Å². The first-order valence-electron chi connectivity index (χ1n) is 29.7. The van der Waals surface area contributed by atoms with Crippen molar-refractivity contribution in [2.75, 3.05) is 38.4 Å². The lowest BCUT2D eigenvalue weighted by atomic mass is 9.95. The van der Waals surface area contributed by atoms with Crippen LogP contribution in [0.3, 0.4) is 0 Å². The lowest BCUT2D eigenvalue weighted by molar-refractivity contribution is -0.392. The predicted octanol–water partition coefficient (Wildman–Crippen LogP) is -9.77. The summed E-state index contributed by atoms with van der Waals surface area (Å²) >= 11 is 0. The third-order valence-electron chi connectivity index (χ3n) is 16.3. The molecule has 4 amide bonds. The Morgan fingerprint density at radius 3 is 1.13 bits per heavy atom. The number of carbonyl (C=O) groups is 4. The molecule has 3 aromatic carbocycles. The van der Waals surface area contributed by atoms with Crippen molar-refractivity contribution in [2.24, 2.45) is 5.73 Å². The van der Waals surface area contributed by atoms with E-state index >= 15 is 0 Å². The van der Waals surface area contributed by atoms with E-state index in [2.05, 4.69) is 16.0 Å². The molecule has 23 N–H and O–H groups in total. The monoisotopic (exact) mass is 1340 g/mol. The second-order valence-corrected chi connectivity index (χ2v) is 22.9. The van der Waals surface area contributed by atoms with Crippen LogP contribution in [0.5, 0.6) is 17.2 Å². The SMILES string of the molecule is NC(=O)[C@H](Cc1ccc(O)cc1)NC(=O)[C@H](Cc1ccc(O)cc1)NC(=O)CCC(=O)Nc1ccc(O[C@H]2O[C@H](CO)[C@@H](O[C@H]3O[C@H](CO)[C@@H](O[C@H]4O[C@H](CO)[C@@H](O[C@H]5O[C@H](CO)[C@@H](O[C@H]6O[C@H](CO)[C@@H](O)[C@H](O)[C@H]6O)[C@H](O)[C@H]5O)[C@H](O)[C@H]4O)[C@H](O)[C@H]3O)[C@H](O)[C@H]2O)cc1. The van der Waals surface area contributed by atoms with Crippen LogP contribution in [0.4, 0.5) is 5.69 Å². The van der Waals surface area contributed by atoms with Crippen LogP contribution in [0, 0.1) is 0 Å². The summed E-state index contributed by atoms with van der Waals surface area (Å²) in [4.78, 5) is 52.2. The molecule has 5 aliphatic rings. The maximum absolute atomic E-state index is 13.6. The Kier molecular flexibility index (Phi) is 26.1. The van der Waals surface area contributed by atoms with Crippen LogP contribution in [-0.4, -0.2) is 314 Å². The van der Waals surface area contributed by atoms with Crippen molar-refractivity contribution in [3.63, 3.8) is 0 Å². The summed E-state index contributed by atoms with van der Waals surface area (Å²) in [7, 11) is 0. The maximum Gasteiger partial charge on any atom is 0.243 e. The van der Waals surface area contributed by atoms with E-state index in [1.807, 2.05) is 0 Å². The number of benzene rings is 3. The summed E-state index contributed by atoms with van der Waals surface area (Å²) in [6.07, 6.45) is -48.2. The summed E-state index contributed by atoms with van der Waals surface area (Å²) in [5, 5.41) is 199. The molecule has 5 aliphatic heterocycles. The van der Waals surface area contributed by atoms with E-state index in [-0.39, 0.29) is 42.2 Å². The molecule has 27 atom stereocenters. The zero-order valence-corrected chi connectivity index (χ0v) is 49.7. The molecule has 5 saturated heterocycles. The first-order valence-corrected chi connectivity index (χ1v) is 29.7. The summed E-state index contributed by atoms with van der Waals surface area (Å²) in [6.45, 7) is -4.78. The van der Waals surface area contributed by atoms with Crippen molar-refractivity contribution in [3.05, 3.63) is 83.9 Å². The minimum Gasteiger partial charge on any atom is -0.508 e. The Hall–Kier alpha value is -6.06. The molecule has 8 rings (SSSR count). The molecule has 36 nitrogen and oxygen atoms in total. The van der Waals surface area contributed by atoms with Crippen LogP contribution >= 0.6 is 0 Å². The van der Waals surface area contributed by atoms with E-state index in [9.17, 15) is 111 Å². The minimum atomic E-state index is -2.19. The van der Waals surface area contributed by atoms with Gasteiger partial charge in [-0.2, -0.15) is 0 Å². The van der Waals surface area contributed by atoms with Crippen LogP contribution in [0.1, 0.15) is 24.0 Å². The van der Waals surface area contributed by atoms with Gasteiger partial charge in [0.05, 0.1) is 33.0 Å². The molecule has 0 spiro atoms. The molecule has 5 fully saturated rings. The Morgan fingerprint density at radius 2 is 0.745 bits per heavy atom. The molecule has 3 aromatic rings. The summed E-state index contributed by atoms with van der Waals surface area (Å²) in [6, 6.07) is 14.6. The zero-order valence-electron chi connectivity index (χ0n) is 49.7. The van der Waals surface area contributed by atoms with Crippen LogP contribution in [0.25, 0.3) is 0 Å². The largest absolute Gasteiger partial charge is 0.508 e. The van der Waals surface area contributed by atoms with Gasteiger partial charge in [0.15, 0.2) is 25.2 Å². The van der Waals surface area contributed by atoms with Gasteiger partial charge < -0.3 is 161 Å². The number of hydrogen-bond donors (Lipinski definition) is 22. The van der Waals surface area contributed by atoms with Crippen molar-refractivity contribution in [1.29, 1.82) is 0 Å². The number of ether oxygens (including phenoxy) is 10. The Balaban J connectivity index is 0.808. The average Bonchev–Trinajstić information content (AvgIpc) is 0.785. The van der Waals surface area contributed by atoms with E-state index in [1.54, 1.807) is 0 Å². The maximum atomic E-state index is 13.6. The molecular weight excluding hydrogens is 1260 g/mol. The molecule has 0 radical (unpaired) electrons. The third-order valence-corrected chi connectivity index (χ3v) is 16.3. The van der Waals surface area contributed by atoms with E-state index in [1.165, 1.54) is 72.8 Å². The van der Waals surface area contributed by atoms with Crippen LogP contribution in [0.15, 0.2) is 72.8 Å². The third kappa shape index (κ3) is 17.7. The van der Waals surface area contributed by atoms with Gasteiger partial charge in [0.25, 0.3) is 0 Å². The number of primary amides is 1. The second-order valence-electron chi connectivity index (χ2n) is 22.9. The van der Waals surface area contributed by atoms with E-state index in [0.717, 1.165) is 0 Å². The second kappa shape index (κ2) is 33.3. The number of rotatable bonds is 27. The number of phenols is 2. The molecule has 0 saturated carbocycles. The minimum absolute atomic E-state index is 0.00449. The molecule has 0 aromatic heterocycles. The van der Waals surface area contributed by atoms with Crippen molar-refractivity contribution in [2.45, 2.75) is 191 Å². The number of nitrogens with two attached hydrogens (primary N) is 1. The number of aliphatic hydroxyl groups excluding tert-OH is 16. The topological polar surface area (TPSA) is 587 Å². The van der Waals surface area contributed by atoms with Gasteiger partial charge in [0.1, 0.15) is 151 Å². The molecule has 0 aliphatic carbocycles. The number of phenolic OH excluding ortho intramolecular Hbond substituents is 2. The molecular formula is C58H80N4O32. The van der Waals surface area contributed by atoms with Crippen LogP contribution in [0.2, 0.25) is 0 Å². The summed E-state index contributed by atoms with van der Waals surface area (Å²) < 4.78 is 56.4. The number of amides is 4. The number of aromatic hydroxyl groups is 2. The average molecular weight is 1350 g/mol. The lowest BCUT2D eigenvalue weighted by Gasteiger charge is -2.49. The van der Waals surface area contributed by atoms with Gasteiger partial charge in [0.2, 0.25) is 29.9 Å². The fourth-order valence-electron chi connectivity index (χ4n) is 11.0.